The van der Waals surface area contributed by atoms with Crippen LogP contribution >= 0.6 is 0 Å². The van der Waals surface area contributed by atoms with Crippen LogP contribution in [-0.2, 0) is 4.79 Å². The van der Waals surface area contributed by atoms with Crippen molar-refractivity contribution in [1.82, 2.24) is 15.1 Å². The summed E-state index contributed by atoms with van der Waals surface area (Å²) in [6.45, 7) is 5.30. The van der Waals surface area contributed by atoms with Crippen molar-refractivity contribution in [2.45, 2.75) is 45.7 Å². The number of amides is 1. The molecule has 23 heavy (non-hydrogen) atoms. The molecule has 1 N–H and O–H groups in total. The first-order chi connectivity index (χ1) is 10.9. The monoisotopic (exact) mass is 321 g/mol. The number of halogens is 2. The molecular formula is C17H21F2N3O. The van der Waals surface area contributed by atoms with Gasteiger partial charge in [0.25, 0.3) is 6.43 Å². The number of benzene rings is 1. The van der Waals surface area contributed by atoms with Gasteiger partial charge in [-0.1, -0.05) is 37.3 Å². The van der Waals surface area contributed by atoms with E-state index in [0.717, 1.165) is 12.0 Å². The van der Waals surface area contributed by atoms with Crippen LogP contribution in [0.25, 0.3) is 0 Å². The van der Waals surface area contributed by atoms with E-state index in [1.54, 1.807) is 13.8 Å². The predicted molar refractivity (Wildman–Crippen MR) is 84.2 cm³/mol. The fourth-order valence-electron chi connectivity index (χ4n) is 2.52. The maximum atomic E-state index is 12.7. The molecule has 0 radical (unpaired) electrons. The zero-order chi connectivity index (χ0) is 17.0. The van der Waals surface area contributed by atoms with Crippen molar-refractivity contribution < 1.29 is 13.6 Å². The molecule has 0 bridgehead atoms. The zero-order valence-electron chi connectivity index (χ0n) is 13.5. The summed E-state index contributed by atoms with van der Waals surface area (Å²) < 4.78 is 26.8. The Labute approximate surface area is 134 Å². The Hall–Kier alpha value is -2.24. The lowest BCUT2D eigenvalue weighted by Crippen LogP contribution is -2.34. The number of aromatic nitrogens is 2. The predicted octanol–water partition coefficient (Wildman–Crippen LogP) is 3.96. The largest absolute Gasteiger partial charge is 0.347 e. The maximum Gasteiger partial charge on any atom is 0.282 e. The summed E-state index contributed by atoms with van der Waals surface area (Å²) in [6, 6.07) is 10.2. The molecule has 2 aromatic rings. The standard InChI is InChI=1S/C17H21F2N3O/c1-4-14(13-8-6-5-7-9-13)20-17(23)12(3)22-11(2)10-15(21-22)16(18)19/h5-10,12,14,16H,4H2,1-3H3,(H,20,23). The van der Waals surface area contributed by atoms with Crippen molar-refractivity contribution in [3.63, 3.8) is 0 Å². The van der Waals surface area contributed by atoms with Crippen LogP contribution in [0.1, 0.15) is 55.7 Å². The molecule has 6 heteroatoms. The molecule has 0 saturated heterocycles. The number of hydrogen-bond acceptors (Lipinski definition) is 2. The number of carbonyl (C=O) groups excluding carboxylic acids is 1. The fraction of sp³-hybridized carbons (Fsp3) is 0.412. The highest BCUT2D eigenvalue weighted by molar-refractivity contribution is 5.80. The second-order valence-electron chi connectivity index (χ2n) is 5.51. The van der Waals surface area contributed by atoms with E-state index in [2.05, 4.69) is 10.4 Å². The van der Waals surface area contributed by atoms with Gasteiger partial charge in [-0.3, -0.25) is 9.48 Å². The number of rotatable bonds is 6. The van der Waals surface area contributed by atoms with Gasteiger partial charge in [0.2, 0.25) is 5.91 Å². The second kappa shape index (κ2) is 7.35. The molecule has 0 aliphatic rings. The zero-order valence-corrected chi connectivity index (χ0v) is 13.5. The van der Waals surface area contributed by atoms with E-state index >= 15 is 0 Å². The number of nitrogens with one attached hydrogen (secondary N) is 1. The SMILES string of the molecule is CCC(NC(=O)C(C)n1nc(C(F)F)cc1C)c1ccccc1. The summed E-state index contributed by atoms with van der Waals surface area (Å²) in [5.41, 5.74) is 1.24. The molecule has 1 aromatic carbocycles. The molecule has 0 aliphatic carbocycles. The van der Waals surface area contributed by atoms with E-state index in [0.29, 0.717) is 5.69 Å². The third kappa shape index (κ3) is 3.94. The first-order valence-corrected chi connectivity index (χ1v) is 7.63. The topological polar surface area (TPSA) is 46.9 Å². The third-order valence-corrected chi connectivity index (χ3v) is 3.84. The molecular weight excluding hydrogens is 300 g/mol. The van der Waals surface area contributed by atoms with Gasteiger partial charge < -0.3 is 5.32 Å². The van der Waals surface area contributed by atoms with Crippen molar-refractivity contribution >= 4 is 5.91 Å². The van der Waals surface area contributed by atoms with Crippen LogP contribution in [-0.4, -0.2) is 15.7 Å². The lowest BCUT2D eigenvalue weighted by atomic mass is 10.0. The molecule has 0 saturated carbocycles. The Balaban J connectivity index is 2.13. The van der Waals surface area contributed by atoms with Crippen LogP contribution in [0.4, 0.5) is 8.78 Å². The average molecular weight is 321 g/mol. The normalized spacial score (nSPS) is 13.8. The molecule has 2 unspecified atom stereocenters. The Bertz CT molecular complexity index is 655. The van der Waals surface area contributed by atoms with E-state index < -0.39 is 12.5 Å². The maximum absolute atomic E-state index is 12.7. The number of alkyl halides is 2. The number of nitrogens with zero attached hydrogens (tertiary/aromatic N) is 2. The lowest BCUT2D eigenvalue weighted by Gasteiger charge is -2.21. The Kier molecular flexibility index (Phi) is 5.47. The summed E-state index contributed by atoms with van der Waals surface area (Å²) in [5.74, 6) is -0.243. The molecule has 2 atom stereocenters. The van der Waals surface area contributed by atoms with E-state index in [-0.39, 0.29) is 17.6 Å². The fourth-order valence-corrected chi connectivity index (χ4v) is 2.52. The van der Waals surface area contributed by atoms with E-state index in [1.807, 2.05) is 37.3 Å². The van der Waals surface area contributed by atoms with Crippen LogP contribution in [0.5, 0.6) is 0 Å². The third-order valence-electron chi connectivity index (χ3n) is 3.84. The highest BCUT2D eigenvalue weighted by Gasteiger charge is 2.23. The summed E-state index contributed by atoms with van der Waals surface area (Å²) in [6.07, 6.45) is -1.90. The quantitative estimate of drug-likeness (QED) is 0.875. The molecule has 1 heterocycles. The van der Waals surface area contributed by atoms with Crippen LogP contribution < -0.4 is 5.32 Å². The van der Waals surface area contributed by atoms with Gasteiger partial charge in [-0.15, -0.1) is 0 Å². The molecule has 0 aliphatic heterocycles. The summed E-state index contributed by atoms with van der Waals surface area (Å²) in [4.78, 5) is 12.5. The molecule has 0 spiro atoms. The van der Waals surface area contributed by atoms with Gasteiger partial charge in [0, 0.05) is 5.69 Å². The van der Waals surface area contributed by atoms with Gasteiger partial charge in [0.1, 0.15) is 11.7 Å². The second-order valence-corrected chi connectivity index (χ2v) is 5.51. The van der Waals surface area contributed by atoms with Gasteiger partial charge in [-0.05, 0) is 31.9 Å². The Morgan fingerprint density at radius 2 is 1.96 bits per heavy atom. The first-order valence-electron chi connectivity index (χ1n) is 7.63. The van der Waals surface area contributed by atoms with Crippen LogP contribution in [0.3, 0.4) is 0 Å². The highest BCUT2D eigenvalue weighted by Crippen LogP contribution is 2.22. The number of carbonyl (C=O) groups is 1. The smallest absolute Gasteiger partial charge is 0.282 e. The van der Waals surface area contributed by atoms with Crippen LogP contribution in [0.2, 0.25) is 0 Å². The minimum atomic E-state index is -2.64. The van der Waals surface area contributed by atoms with E-state index in [4.69, 9.17) is 0 Å². The van der Waals surface area contributed by atoms with Gasteiger partial charge in [-0.2, -0.15) is 5.10 Å². The number of hydrogen-bond donors (Lipinski definition) is 1. The van der Waals surface area contributed by atoms with Gasteiger partial charge >= 0.3 is 0 Å². The Morgan fingerprint density at radius 3 is 2.48 bits per heavy atom. The summed E-state index contributed by atoms with van der Waals surface area (Å²) in [5, 5.41) is 6.80. The molecule has 1 aromatic heterocycles. The molecule has 4 nitrogen and oxygen atoms in total. The number of aryl methyl sites for hydroxylation is 1. The first kappa shape index (κ1) is 17.1. The molecule has 124 valence electrons. The van der Waals surface area contributed by atoms with Gasteiger partial charge in [0.05, 0.1) is 6.04 Å². The van der Waals surface area contributed by atoms with Crippen molar-refractivity contribution in [1.29, 1.82) is 0 Å². The van der Waals surface area contributed by atoms with Crippen LogP contribution in [0, 0.1) is 6.92 Å². The molecule has 2 rings (SSSR count). The minimum Gasteiger partial charge on any atom is -0.347 e. The lowest BCUT2D eigenvalue weighted by molar-refractivity contribution is -0.125. The Morgan fingerprint density at radius 1 is 1.30 bits per heavy atom. The van der Waals surface area contributed by atoms with Crippen molar-refractivity contribution in [3.05, 3.63) is 53.3 Å². The van der Waals surface area contributed by atoms with E-state index in [9.17, 15) is 13.6 Å². The summed E-state index contributed by atoms with van der Waals surface area (Å²) >= 11 is 0. The molecule has 1 amide bonds. The van der Waals surface area contributed by atoms with Crippen molar-refractivity contribution in [2.75, 3.05) is 0 Å². The minimum absolute atomic E-state index is 0.114. The van der Waals surface area contributed by atoms with Gasteiger partial charge in [0.15, 0.2) is 0 Å². The van der Waals surface area contributed by atoms with Gasteiger partial charge in [-0.25, -0.2) is 8.78 Å². The average Bonchev–Trinajstić information content (AvgIpc) is 2.94. The van der Waals surface area contributed by atoms with Crippen molar-refractivity contribution in [2.24, 2.45) is 0 Å². The van der Waals surface area contributed by atoms with E-state index in [1.165, 1.54) is 10.7 Å². The summed E-state index contributed by atoms with van der Waals surface area (Å²) in [7, 11) is 0. The highest BCUT2D eigenvalue weighted by atomic mass is 19.3. The molecule has 0 fully saturated rings. The van der Waals surface area contributed by atoms with Crippen LogP contribution in [0.15, 0.2) is 36.4 Å². The van der Waals surface area contributed by atoms with Crippen molar-refractivity contribution in [3.8, 4) is 0 Å².